The van der Waals surface area contributed by atoms with Crippen LogP contribution in [0, 0.1) is 5.92 Å². The van der Waals surface area contributed by atoms with E-state index in [4.69, 9.17) is 0 Å². The number of carbonyl (C=O) groups excluding carboxylic acids is 1. The molecule has 1 N–H and O–H groups in total. The van der Waals surface area contributed by atoms with Gasteiger partial charge in [-0.25, -0.2) is 0 Å². The van der Waals surface area contributed by atoms with Gasteiger partial charge in [0.1, 0.15) is 5.69 Å². The van der Waals surface area contributed by atoms with Crippen LogP contribution in [-0.2, 0) is 0 Å². The standard InChI is InChI=1S/C17H20N2O/c20-16(6-5-13-7-10-18-11-8-13)17-15-4-2-1-3-14(15)9-12-19-17/h1-4,9,12-13,18H,5-8,10-11H2. The van der Waals surface area contributed by atoms with E-state index in [1.54, 1.807) is 6.20 Å². The summed E-state index contributed by atoms with van der Waals surface area (Å²) in [5.74, 6) is 0.871. The van der Waals surface area contributed by atoms with Crippen LogP contribution in [0.1, 0.15) is 36.2 Å². The van der Waals surface area contributed by atoms with Crippen LogP contribution in [0.5, 0.6) is 0 Å². The van der Waals surface area contributed by atoms with Gasteiger partial charge in [-0.2, -0.15) is 0 Å². The number of carbonyl (C=O) groups is 1. The first-order valence-electron chi connectivity index (χ1n) is 7.42. The van der Waals surface area contributed by atoms with Crippen molar-refractivity contribution in [3.63, 3.8) is 0 Å². The second-order valence-corrected chi connectivity index (χ2v) is 5.54. The van der Waals surface area contributed by atoms with Gasteiger partial charge in [0, 0.05) is 18.0 Å². The van der Waals surface area contributed by atoms with Crippen molar-refractivity contribution in [3.05, 3.63) is 42.2 Å². The first-order valence-corrected chi connectivity index (χ1v) is 7.42. The predicted octanol–water partition coefficient (Wildman–Crippen LogP) is 3.20. The normalized spacial score (nSPS) is 16.4. The molecular weight excluding hydrogens is 248 g/mol. The summed E-state index contributed by atoms with van der Waals surface area (Å²) < 4.78 is 0. The molecule has 3 nitrogen and oxygen atoms in total. The van der Waals surface area contributed by atoms with Crippen LogP contribution in [-0.4, -0.2) is 23.9 Å². The van der Waals surface area contributed by atoms with E-state index in [1.165, 1.54) is 12.8 Å². The van der Waals surface area contributed by atoms with Gasteiger partial charge in [-0.15, -0.1) is 0 Å². The lowest BCUT2D eigenvalue weighted by atomic mass is 9.91. The highest BCUT2D eigenvalue weighted by Crippen LogP contribution is 2.22. The van der Waals surface area contributed by atoms with E-state index >= 15 is 0 Å². The molecule has 1 aliphatic heterocycles. The van der Waals surface area contributed by atoms with Gasteiger partial charge in [-0.1, -0.05) is 24.3 Å². The van der Waals surface area contributed by atoms with E-state index in [0.717, 1.165) is 30.3 Å². The lowest BCUT2D eigenvalue weighted by Crippen LogP contribution is -2.28. The topological polar surface area (TPSA) is 42.0 Å². The molecule has 1 aromatic carbocycles. The molecule has 0 unspecified atom stereocenters. The van der Waals surface area contributed by atoms with Crippen LogP contribution in [0.4, 0.5) is 0 Å². The number of aromatic nitrogens is 1. The monoisotopic (exact) mass is 268 g/mol. The molecule has 104 valence electrons. The molecule has 0 radical (unpaired) electrons. The number of rotatable bonds is 4. The van der Waals surface area contributed by atoms with E-state index in [0.29, 0.717) is 18.0 Å². The minimum Gasteiger partial charge on any atom is -0.317 e. The number of pyridine rings is 1. The quantitative estimate of drug-likeness (QED) is 0.866. The Labute approximate surface area is 119 Å². The SMILES string of the molecule is O=C(CCC1CCNCC1)c1nccc2ccccc12. The minimum absolute atomic E-state index is 0.181. The molecule has 0 spiro atoms. The van der Waals surface area contributed by atoms with Gasteiger partial charge < -0.3 is 5.32 Å². The van der Waals surface area contributed by atoms with Crippen LogP contribution in [0.15, 0.2) is 36.5 Å². The Bertz CT molecular complexity index is 597. The molecule has 0 amide bonds. The van der Waals surface area contributed by atoms with Crippen molar-refractivity contribution in [2.75, 3.05) is 13.1 Å². The molecule has 1 aliphatic rings. The molecule has 1 fully saturated rings. The minimum atomic E-state index is 0.181. The summed E-state index contributed by atoms with van der Waals surface area (Å²) in [5, 5.41) is 5.43. The highest BCUT2D eigenvalue weighted by molar-refractivity contribution is 6.06. The van der Waals surface area contributed by atoms with Gasteiger partial charge in [0.05, 0.1) is 0 Å². The summed E-state index contributed by atoms with van der Waals surface area (Å²) in [6.07, 6.45) is 5.73. The largest absolute Gasteiger partial charge is 0.317 e. The highest BCUT2D eigenvalue weighted by Gasteiger charge is 2.17. The van der Waals surface area contributed by atoms with Crippen molar-refractivity contribution in [2.24, 2.45) is 5.92 Å². The molecule has 0 saturated carbocycles. The van der Waals surface area contributed by atoms with Crippen molar-refractivity contribution in [2.45, 2.75) is 25.7 Å². The average molecular weight is 268 g/mol. The maximum atomic E-state index is 12.4. The summed E-state index contributed by atoms with van der Waals surface area (Å²) in [5.41, 5.74) is 0.636. The number of fused-ring (bicyclic) bond motifs is 1. The molecule has 0 bridgehead atoms. The number of piperidine rings is 1. The van der Waals surface area contributed by atoms with Crippen LogP contribution >= 0.6 is 0 Å². The third-order valence-electron chi connectivity index (χ3n) is 4.18. The number of Topliss-reactive ketones (excluding diaryl/α,β-unsaturated/α-hetero) is 1. The van der Waals surface area contributed by atoms with Gasteiger partial charge >= 0.3 is 0 Å². The molecule has 3 rings (SSSR count). The Balaban J connectivity index is 1.72. The van der Waals surface area contributed by atoms with Gasteiger partial charge in [-0.05, 0) is 49.7 Å². The number of hydrogen-bond acceptors (Lipinski definition) is 3. The molecule has 3 heteroatoms. The van der Waals surface area contributed by atoms with Crippen LogP contribution in [0.2, 0.25) is 0 Å². The zero-order valence-corrected chi connectivity index (χ0v) is 11.6. The second kappa shape index (κ2) is 6.14. The lowest BCUT2D eigenvalue weighted by molar-refractivity contribution is 0.0968. The molecule has 20 heavy (non-hydrogen) atoms. The van der Waals surface area contributed by atoms with E-state index in [9.17, 15) is 4.79 Å². The fourth-order valence-corrected chi connectivity index (χ4v) is 2.97. The molecule has 2 heterocycles. The van der Waals surface area contributed by atoms with Crippen molar-refractivity contribution >= 4 is 16.6 Å². The zero-order chi connectivity index (χ0) is 13.8. The van der Waals surface area contributed by atoms with Crippen molar-refractivity contribution in [1.82, 2.24) is 10.3 Å². The maximum absolute atomic E-state index is 12.4. The van der Waals surface area contributed by atoms with Crippen LogP contribution in [0.3, 0.4) is 0 Å². The van der Waals surface area contributed by atoms with Gasteiger partial charge in [0.25, 0.3) is 0 Å². The lowest BCUT2D eigenvalue weighted by Gasteiger charge is -2.22. The molecule has 1 aromatic heterocycles. The van der Waals surface area contributed by atoms with Crippen molar-refractivity contribution in [3.8, 4) is 0 Å². The average Bonchev–Trinajstić information content (AvgIpc) is 2.53. The maximum Gasteiger partial charge on any atom is 0.181 e. The Morgan fingerprint density at radius 1 is 1.20 bits per heavy atom. The van der Waals surface area contributed by atoms with Crippen molar-refractivity contribution < 1.29 is 4.79 Å². The fraction of sp³-hybridized carbons (Fsp3) is 0.412. The number of benzene rings is 1. The predicted molar refractivity (Wildman–Crippen MR) is 80.9 cm³/mol. The third kappa shape index (κ3) is 2.88. The third-order valence-corrected chi connectivity index (χ3v) is 4.18. The molecule has 1 saturated heterocycles. The number of nitrogens with one attached hydrogen (secondary N) is 1. The van der Waals surface area contributed by atoms with Crippen LogP contribution < -0.4 is 5.32 Å². The smallest absolute Gasteiger partial charge is 0.181 e. The summed E-state index contributed by atoms with van der Waals surface area (Å²) in [7, 11) is 0. The van der Waals surface area contributed by atoms with Gasteiger partial charge in [-0.3, -0.25) is 9.78 Å². The zero-order valence-electron chi connectivity index (χ0n) is 11.6. The summed E-state index contributed by atoms with van der Waals surface area (Å²) in [6, 6.07) is 9.93. The first-order chi connectivity index (χ1) is 9.84. The second-order valence-electron chi connectivity index (χ2n) is 5.54. The van der Waals surface area contributed by atoms with E-state index < -0.39 is 0 Å². The summed E-state index contributed by atoms with van der Waals surface area (Å²) in [4.78, 5) is 16.7. The molecular formula is C17H20N2O. The van der Waals surface area contributed by atoms with E-state index in [2.05, 4.69) is 10.3 Å². The fourth-order valence-electron chi connectivity index (χ4n) is 2.97. The number of nitrogens with zero attached hydrogens (tertiary/aromatic N) is 1. The Morgan fingerprint density at radius 3 is 2.85 bits per heavy atom. The number of hydrogen-bond donors (Lipinski definition) is 1. The van der Waals surface area contributed by atoms with Gasteiger partial charge in [0.15, 0.2) is 5.78 Å². The highest BCUT2D eigenvalue weighted by atomic mass is 16.1. The summed E-state index contributed by atoms with van der Waals surface area (Å²) in [6.45, 7) is 2.18. The van der Waals surface area contributed by atoms with E-state index in [-0.39, 0.29) is 5.78 Å². The first kappa shape index (κ1) is 13.3. The molecule has 0 atom stereocenters. The van der Waals surface area contributed by atoms with Crippen LogP contribution in [0.25, 0.3) is 10.8 Å². The Morgan fingerprint density at radius 2 is 2.00 bits per heavy atom. The molecule has 2 aromatic rings. The van der Waals surface area contributed by atoms with E-state index in [1.807, 2.05) is 30.3 Å². The number of ketones is 1. The van der Waals surface area contributed by atoms with Gasteiger partial charge in [0.2, 0.25) is 0 Å². The Kier molecular flexibility index (Phi) is 4.07. The summed E-state index contributed by atoms with van der Waals surface area (Å²) >= 11 is 0. The molecule has 0 aliphatic carbocycles. The Hall–Kier alpha value is -1.74. The van der Waals surface area contributed by atoms with Crippen molar-refractivity contribution in [1.29, 1.82) is 0 Å².